The molecular formula is C28H41NO9. The quantitative estimate of drug-likeness (QED) is 0.358. The van der Waals surface area contributed by atoms with Crippen LogP contribution in [0.15, 0.2) is 48.1 Å². The third kappa shape index (κ3) is 8.16. The molecule has 0 bridgehead atoms. The third-order valence-corrected chi connectivity index (χ3v) is 5.97. The lowest BCUT2D eigenvalue weighted by atomic mass is 9.90. The lowest BCUT2D eigenvalue weighted by Crippen LogP contribution is -2.60. The number of carboxylic acid groups (broad SMARTS) is 1. The molecule has 1 saturated heterocycles. The zero-order valence-corrected chi connectivity index (χ0v) is 22.9. The van der Waals surface area contributed by atoms with Crippen molar-refractivity contribution in [1.29, 1.82) is 0 Å². The number of aliphatic hydroxyl groups is 3. The molecular weight excluding hydrogens is 494 g/mol. The van der Waals surface area contributed by atoms with E-state index in [-0.39, 0.29) is 0 Å². The summed E-state index contributed by atoms with van der Waals surface area (Å²) in [5, 5.41) is 38.8. The largest absolute Gasteiger partial charge is 0.493 e. The molecule has 212 valence electrons. The minimum absolute atomic E-state index is 0.819. The molecule has 0 aromatic heterocycles. The van der Waals surface area contributed by atoms with Crippen molar-refractivity contribution in [1.82, 2.24) is 5.32 Å². The molecule has 3 rings (SSSR count). The maximum Gasteiger partial charge on any atom is 0.409 e. The van der Waals surface area contributed by atoms with Gasteiger partial charge in [-0.2, -0.15) is 0 Å². The van der Waals surface area contributed by atoms with Gasteiger partial charge in [0.15, 0.2) is 6.10 Å². The number of para-hydroxylation sites is 1. The minimum Gasteiger partial charge on any atom is -0.493 e. The number of aliphatic hydroxyl groups excluding tert-OH is 3. The molecule has 1 aromatic rings. The number of carboxylic acids is 1. The number of carbonyl (C=O) groups is 2. The fourth-order valence-corrected chi connectivity index (χ4v) is 3.88. The number of nitrogens with one attached hydrogen (secondary N) is 1. The Labute approximate surface area is 224 Å². The second-order valence-corrected chi connectivity index (χ2v) is 8.37. The number of hydrogen-bond acceptors (Lipinski definition) is 8. The molecule has 1 aromatic carbocycles. The van der Waals surface area contributed by atoms with Crippen molar-refractivity contribution < 1.29 is 44.2 Å². The van der Waals surface area contributed by atoms with E-state index in [0.717, 1.165) is 25.2 Å². The van der Waals surface area contributed by atoms with Gasteiger partial charge in [-0.3, -0.25) is 0 Å². The van der Waals surface area contributed by atoms with Crippen molar-refractivity contribution in [3.8, 4) is 5.75 Å². The van der Waals surface area contributed by atoms with Crippen LogP contribution in [-0.4, -0.2) is 76.8 Å². The number of aliphatic carboxylic acids is 1. The van der Waals surface area contributed by atoms with Crippen molar-refractivity contribution >= 4 is 17.6 Å². The second kappa shape index (κ2) is 15.9. The number of fused-ring (bicyclic) bond motifs is 1. The van der Waals surface area contributed by atoms with Crippen LogP contribution in [0.4, 0.5) is 4.79 Å². The third-order valence-electron chi connectivity index (χ3n) is 5.97. The van der Waals surface area contributed by atoms with E-state index in [4.69, 9.17) is 9.84 Å². The molecule has 5 unspecified atom stereocenters. The van der Waals surface area contributed by atoms with E-state index in [0.29, 0.717) is 0 Å². The van der Waals surface area contributed by atoms with Gasteiger partial charge >= 0.3 is 12.1 Å². The van der Waals surface area contributed by atoms with Gasteiger partial charge in [-0.25, -0.2) is 9.59 Å². The minimum atomic E-state index is -1.81. The molecule has 1 amide bonds. The lowest BCUT2D eigenvalue weighted by molar-refractivity contribution is -0.278. The van der Waals surface area contributed by atoms with Crippen LogP contribution in [0, 0.1) is 0 Å². The Kier molecular flexibility index (Phi) is 13.8. The van der Waals surface area contributed by atoms with Crippen LogP contribution < -0.4 is 10.1 Å². The summed E-state index contributed by atoms with van der Waals surface area (Å²) < 4.78 is 15.1. The Balaban J connectivity index is 0.000000359. The van der Waals surface area contributed by atoms with E-state index in [2.05, 4.69) is 66.4 Å². The van der Waals surface area contributed by atoms with E-state index >= 15 is 0 Å². The van der Waals surface area contributed by atoms with Crippen molar-refractivity contribution in [2.75, 3.05) is 13.7 Å². The second-order valence-electron chi connectivity index (χ2n) is 8.37. The molecule has 0 aliphatic carbocycles. The molecule has 1 fully saturated rings. The number of ether oxygens (including phenoxy) is 3. The Morgan fingerprint density at radius 3 is 2.34 bits per heavy atom. The monoisotopic (exact) mass is 535 g/mol. The maximum atomic E-state index is 10.9. The Hall–Kier alpha value is -3.18. The summed E-state index contributed by atoms with van der Waals surface area (Å²) in [5.41, 5.74) is 6.22. The number of benzene rings is 1. The van der Waals surface area contributed by atoms with Gasteiger partial charge in [-0.05, 0) is 55.9 Å². The SMILES string of the molecule is C=C/C(C)=C(\C(C)=C/C)c1cccc2c1OCCC2.CC.CNC(=O)OC1OC(C(=O)O)C(O)C(O)C1O. The Bertz CT molecular complexity index is 1020. The molecule has 5 atom stereocenters. The van der Waals surface area contributed by atoms with Gasteiger partial charge in [0.2, 0.25) is 6.29 Å². The first-order valence-corrected chi connectivity index (χ1v) is 12.6. The molecule has 0 saturated carbocycles. The number of amides is 1. The zero-order valence-electron chi connectivity index (χ0n) is 22.9. The fourth-order valence-electron chi connectivity index (χ4n) is 3.88. The number of alkyl carbamates (subject to hydrolysis) is 1. The predicted octanol–water partition coefficient (Wildman–Crippen LogP) is 3.20. The molecule has 2 heterocycles. The molecule has 38 heavy (non-hydrogen) atoms. The standard InChI is InChI=1S/C18H22O.C8H13NO8.C2H6/c1-5-13(3)17(14(4)6-2)16-11-7-9-15-10-8-12-19-18(15)16;1-9-8(15)17-7-4(12)2(10)3(11)5(16-7)6(13)14;1-2/h5-7,9,11H,1,8,10,12H2,2-4H3;2-5,7,10-12H,1H3,(H,9,15)(H,13,14);1-2H3/b14-6-,17-13+;;. The molecule has 5 N–H and O–H groups in total. The van der Waals surface area contributed by atoms with Crippen molar-refractivity contribution in [2.45, 2.75) is 78.2 Å². The van der Waals surface area contributed by atoms with E-state index < -0.39 is 42.8 Å². The van der Waals surface area contributed by atoms with Gasteiger partial charge in [0.1, 0.15) is 24.1 Å². The first-order chi connectivity index (χ1) is 18.1. The van der Waals surface area contributed by atoms with Crippen LogP contribution in [0.3, 0.4) is 0 Å². The molecule has 0 spiro atoms. The summed E-state index contributed by atoms with van der Waals surface area (Å²) in [5.74, 6) is -0.486. The number of carbonyl (C=O) groups excluding carboxylic acids is 1. The van der Waals surface area contributed by atoms with Crippen LogP contribution in [0.2, 0.25) is 0 Å². The number of rotatable bonds is 5. The van der Waals surface area contributed by atoms with Crippen LogP contribution in [0.25, 0.3) is 5.57 Å². The molecule has 10 heteroatoms. The smallest absolute Gasteiger partial charge is 0.409 e. The first kappa shape index (κ1) is 32.8. The highest BCUT2D eigenvalue weighted by Gasteiger charge is 2.48. The van der Waals surface area contributed by atoms with Crippen molar-refractivity contribution in [3.05, 3.63) is 59.2 Å². The molecule has 0 radical (unpaired) electrons. The highest BCUT2D eigenvalue weighted by Crippen LogP contribution is 2.38. The Morgan fingerprint density at radius 1 is 1.13 bits per heavy atom. The van der Waals surface area contributed by atoms with Crippen LogP contribution in [0.1, 0.15) is 52.2 Å². The van der Waals surface area contributed by atoms with E-state index in [1.807, 2.05) is 19.9 Å². The lowest BCUT2D eigenvalue weighted by Gasteiger charge is -2.37. The van der Waals surface area contributed by atoms with Crippen LogP contribution >= 0.6 is 0 Å². The molecule has 10 nitrogen and oxygen atoms in total. The number of hydrogen-bond donors (Lipinski definition) is 5. The van der Waals surface area contributed by atoms with Gasteiger partial charge in [0, 0.05) is 12.6 Å². The summed E-state index contributed by atoms with van der Waals surface area (Å²) in [6.07, 6.45) is -3.49. The van der Waals surface area contributed by atoms with Crippen molar-refractivity contribution in [3.63, 3.8) is 0 Å². The maximum absolute atomic E-state index is 10.9. The van der Waals surface area contributed by atoms with E-state index in [1.54, 1.807) is 0 Å². The molecule has 2 aliphatic rings. The number of aryl methyl sites for hydroxylation is 1. The predicted molar refractivity (Wildman–Crippen MR) is 144 cm³/mol. The van der Waals surface area contributed by atoms with Gasteiger partial charge in [-0.1, -0.05) is 50.8 Å². The van der Waals surface area contributed by atoms with Gasteiger partial charge < -0.3 is 40.0 Å². The average molecular weight is 536 g/mol. The summed E-state index contributed by atoms with van der Waals surface area (Å²) in [6, 6.07) is 6.45. The van der Waals surface area contributed by atoms with Crippen LogP contribution in [-0.2, 0) is 20.7 Å². The highest BCUT2D eigenvalue weighted by atomic mass is 16.7. The summed E-state index contributed by atoms with van der Waals surface area (Å²) >= 11 is 0. The topological polar surface area (TPSA) is 155 Å². The van der Waals surface area contributed by atoms with Gasteiger partial charge in [0.25, 0.3) is 0 Å². The summed E-state index contributed by atoms with van der Waals surface area (Å²) in [4.78, 5) is 21.6. The summed E-state index contributed by atoms with van der Waals surface area (Å²) in [7, 11) is 1.25. The Morgan fingerprint density at radius 2 is 1.79 bits per heavy atom. The van der Waals surface area contributed by atoms with Gasteiger partial charge in [0.05, 0.1) is 6.61 Å². The summed E-state index contributed by atoms with van der Waals surface area (Å²) in [6.45, 7) is 15.1. The van der Waals surface area contributed by atoms with Crippen LogP contribution in [0.5, 0.6) is 5.75 Å². The highest BCUT2D eigenvalue weighted by molar-refractivity contribution is 5.85. The average Bonchev–Trinajstić information content (AvgIpc) is 2.94. The van der Waals surface area contributed by atoms with E-state index in [1.165, 1.54) is 34.9 Å². The molecule has 2 aliphatic heterocycles. The first-order valence-electron chi connectivity index (χ1n) is 12.6. The number of allylic oxidation sites excluding steroid dienone is 5. The van der Waals surface area contributed by atoms with Gasteiger partial charge in [-0.15, -0.1) is 0 Å². The van der Waals surface area contributed by atoms with E-state index in [9.17, 15) is 24.9 Å². The zero-order chi connectivity index (χ0) is 29.0. The van der Waals surface area contributed by atoms with Crippen molar-refractivity contribution in [2.24, 2.45) is 0 Å². The fraction of sp³-hybridized carbons (Fsp3) is 0.500. The normalized spacial score (nSPS) is 25.0.